The van der Waals surface area contributed by atoms with Gasteiger partial charge < -0.3 is 4.74 Å². The highest BCUT2D eigenvalue weighted by atomic mass is 16.6. The second-order valence-electron chi connectivity index (χ2n) is 5.80. The average molecular weight is 350 g/mol. The van der Waals surface area contributed by atoms with Gasteiger partial charge in [0.2, 0.25) is 6.54 Å². The molecule has 0 saturated carbocycles. The zero-order valence-electron chi connectivity index (χ0n) is 14.1. The van der Waals surface area contributed by atoms with Crippen LogP contribution in [-0.2, 0) is 4.79 Å². The Bertz CT molecular complexity index is 615. The quantitative estimate of drug-likeness (QED) is 0.150. The molecule has 0 aliphatic carbocycles. The molecule has 8 nitrogen and oxygen atoms in total. The summed E-state index contributed by atoms with van der Waals surface area (Å²) in [7, 11) is 0. The van der Waals surface area contributed by atoms with E-state index in [9.17, 15) is 25.0 Å². The summed E-state index contributed by atoms with van der Waals surface area (Å²) in [5.74, 6) is -0.608. The fourth-order valence-electron chi connectivity index (χ4n) is 2.22. The lowest BCUT2D eigenvalue weighted by Gasteiger charge is -2.08. The highest BCUT2D eigenvalue weighted by Crippen LogP contribution is 2.16. The smallest absolute Gasteiger partial charge is 0.414 e. The summed E-state index contributed by atoms with van der Waals surface area (Å²) in [4.78, 5) is 32.2. The topological polar surface area (TPSA) is 113 Å². The molecule has 1 aromatic carbocycles. The number of benzene rings is 1. The second-order valence-corrected chi connectivity index (χ2v) is 5.80. The Balaban J connectivity index is 2.47. The van der Waals surface area contributed by atoms with Gasteiger partial charge in [-0.3, -0.25) is 20.2 Å². The maximum Gasteiger partial charge on any atom is 0.414 e. The minimum atomic E-state index is -0.991. The van der Waals surface area contributed by atoms with E-state index in [2.05, 4.69) is 0 Å². The lowest BCUT2D eigenvalue weighted by molar-refractivity contribution is -0.480. The Morgan fingerprint density at radius 1 is 1.16 bits per heavy atom. The van der Waals surface area contributed by atoms with Gasteiger partial charge in [-0.05, 0) is 30.9 Å². The molecule has 0 fully saturated rings. The molecule has 0 heterocycles. The van der Waals surface area contributed by atoms with Crippen LogP contribution in [0.5, 0.6) is 5.75 Å². The predicted molar refractivity (Wildman–Crippen MR) is 91.3 cm³/mol. The minimum absolute atomic E-state index is 0.0366. The molecule has 0 spiro atoms. The van der Waals surface area contributed by atoms with E-state index < -0.39 is 16.6 Å². The zero-order chi connectivity index (χ0) is 18.7. The third-order valence-corrected chi connectivity index (χ3v) is 3.61. The van der Waals surface area contributed by atoms with Crippen molar-refractivity contribution in [2.45, 2.75) is 39.0 Å². The number of hydrogen-bond donors (Lipinski definition) is 0. The van der Waals surface area contributed by atoms with Crippen molar-refractivity contribution in [2.24, 2.45) is 5.92 Å². The van der Waals surface area contributed by atoms with Gasteiger partial charge in [0.25, 0.3) is 0 Å². The first-order valence-electron chi connectivity index (χ1n) is 8.13. The Hall–Kier alpha value is -2.77. The first-order valence-corrected chi connectivity index (χ1v) is 8.13. The predicted octanol–water partition coefficient (Wildman–Crippen LogP) is 3.62. The SMILES string of the molecule is CC(CC=C(C(=O)Oc1ccccc1)[N+](=O)[O-])CCCCC[N+](=O)[O-]. The molecule has 0 N–H and O–H groups in total. The van der Waals surface area contributed by atoms with Crippen LogP contribution in [0.4, 0.5) is 0 Å². The van der Waals surface area contributed by atoms with Gasteiger partial charge in [0, 0.05) is 17.4 Å². The highest BCUT2D eigenvalue weighted by Gasteiger charge is 2.24. The van der Waals surface area contributed by atoms with Crippen molar-refractivity contribution in [3.63, 3.8) is 0 Å². The van der Waals surface area contributed by atoms with Gasteiger partial charge in [0.05, 0.1) is 4.92 Å². The van der Waals surface area contributed by atoms with E-state index in [1.54, 1.807) is 30.3 Å². The molecule has 1 unspecified atom stereocenters. The number of nitro groups is 2. The van der Waals surface area contributed by atoms with E-state index in [4.69, 9.17) is 4.74 Å². The Morgan fingerprint density at radius 3 is 2.44 bits per heavy atom. The van der Waals surface area contributed by atoms with Crippen molar-refractivity contribution < 1.29 is 19.4 Å². The van der Waals surface area contributed by atoms with E-state index in [0.29, 0.717) is 12.8 Å². The summed E-state index contributed by atoms with van der Waals surface area (Å²) < 4.78 is 4.99. The zero-order valence-corrected chi connectivity index (χ0v) is 14.1. The van der Waals surface area contributed by atoms with E-state index in [0.717, 1.165) is 19.3 Å². The Kier molecular flexibility index (Phi) is 8.84. The molecule has 8 heteroatoms. The van der Waals surface area contributed by atoms with Crippen LogP contribution in [-0.4, -0.2) is 22.4 Å². The summed E-state index contributed by atoms with van der Waals surface area (Å²) in [5, 5.41) is 21.3. The highest BCUT2D eigenvalue weighted by molar-refractivity contribution is 5.87. The third-order valence-electron chi connectivity index (χ3n) is 3.61. The van der Waals surface area contributed by atoms with Crippen LogP contribution in [0.1, 0.15) is 39.0 Å². The first kappa shape index (κ1) is 20.3. The molecule has 0 radical (unpaired) electrons. The fraction of sp³-hybridized carbons (Fsp3) is 0.471. The van der Waals surface area contributed by atoms with Crippen molar-refractivity contribution in [2.75, 3.05) is 6.54 Å². The van der Waals surface area contributed by atoms with Crippen LogP contribution in [0.3, 0.4) is 0 Å². The van der Waals surface area contributed by atoms with Gasteiger partial charge in [-0.2, -0.15) is 0 Å². The summed E-state index contributed by atoms with van der Waals surface area (Å²) in [6.07, 6.45) is 4.52. The normalized spacial score (nSPS) is 12.4. The van der Waals surface area contributed by atoms with Crippen molar-refractivity contribution in [1.82, 2.24) is 0 Å². The van der Waals surface area contributed by atoms with Crippen LogP contribution in [0, 0.1) is 26.1 Å². The molecule has 0 aliphatic heterocycles. The van der Waals surface area contributed by atoms with Crippen LogP contribution in [0.15, 0.2) is 42.1 Å². The van der Waals surface area contributed by atoms with Crippen LogP contribution < -0.4 is 4.74 Å². The molecule has 25 heavy (non-hydrogen) atoms. The summed E-state index contributed by atoms with van der Waals surface area (Å²) in [6, 6.07) is 8.17. The summed E-state index contributed by atoms with van der Waals surface area (Å²) >= 11 is 0. The van der Waals surface area contributed by atoms with Crippen molar-refractivity contribution >= 4 is 5.97 Å². The number of ether oxygens (including phenoxy) is 1. The first-order chi connectivity index (χ1) is 11.9. The molecule has 0 amide bonds. The van der Waals surface area contributed by atoms with E-state index >= 15 is 0 Å². The number of carbonyl (C=O) groups is 1. The maximum atomic E-state index is 11.9. The number of nitrogens with zero attached hydrogens (tertiary/aromatic N) is 2. The molecule has 0 aliphatic rings. The fourth-order valence-corrected chi connectivity index (χ4v) is 2.22. The van der Waals surface area contributed by atoms with Gasteiger partial charge in [0.15, 0.2) is 0 Å². The molecule has 0 bridgehead atoms. The number of para-hydroxylation sites is 1. The molecule has 0 aromatic heterocycles. The minimum Gasteiger partial charge on any atom is -0.418 e. The van der Waals surface area contributed by atoms with Crippen LogP contribution in [0.2, 0.25) is 0 Å². The molecular formula is C17H22N2O6. The maximum absolute atomic E-state index is 11.9. The lowest BCUT2D eigenvalue weighted by Crippen LogP contribution is -2.17. The van der Waals surface area contributed by atoms with Gasteiger partial charge in [-0.15, -0.1) is 0 Å². The van der Waals surface area contributed by atoms with Gasteiger partial charge in [-0.1, -0.05) is 38.0 Å². The number of rotatable bonds is 11. The number of unbranched alkanes of at least 4 members (excludes halogenated alkanes) is 2. The van der Waals surface area contributed by atoms with Gasteiger partial charge >= 0.3 is 11.7 Å². The summed E-state index contributed by atoms with van der Waals surface area (Å²) in [6.45, 7) is 1.88. The van der Waals surface area contributed by atoms with E-state index in [-0.39, 0.29) is 23.1 Å². The lowest BCUT2D eigenvalue weighted by atomic mass is 9.99. The van der Waals surface area contributed by atoms with Gasteiger partial charge in [-0.25, -0.2) is 4.79 Å². The Labute approximate surface area is 145 Å². The molecule has 1 rings (SSSR count). The van der Waals surface area contributed by atoms with Crippen molar-refractivity contribution in [3.8, 4) is 5.75 Å². The third kappa shape index (κ3) is 8.59. The molecule has 1 atom stereocenters. The number of allylic oxidation sites excluding steroid dienone is 1. The largest absolute Gasteiger partial charge is 0.418 e. The number of esters is 1. The Morgan fingerprint density at radius 2 is 1.84 bits per heavy atom. The van der Waals surface area contributed by atoms with E-state index in [1.165, 1.54) is 6.08 Å². The molecule has 1 aromatic rings. The number of hydrogen-bond acceptors (Lipinski definition) is 6. The standard InChI is InChI=1S/C17H22N2O6/c1-14(8-4-3-7-13-18(21)22)11-12-16(19(23)24)17(20)25-15-9-5-2-6-10-15/h2,5-6,9-10,12,14H,3-4,7-8,11,13H2,1H3. The number of carbonyl (C=O) groups excluding carboxylic acids is 1. The summed E-state index contributed by atoms with van der Waals surface area (Å²) in [5.41, 5.74) is -0.580. The van der Waals surface area contributed by atoms with E-state index in [1.807, 2.05) is 6.92 Å². The molecular weight excluding hydrogens is 328 g/mol. The second kappa shape index (κ2) is 10.9. The van der Waals surface area contributed by atoms with Gasteiger partial charge in [0.1, 0.15) is 5.75 Å². The molecule has 136 valence electrons. The van der Waals surface area contributed by atoms with Crippen molar-refractivity contribution in [1.29, 1.82) is 0 Å². The van der Waals surface area contributed by atoms with Crippen LogP contribution >= 0.6 is 0 Å². The average Bonchev–Trinajstić information content (AvgIpc) is 2.55. The monoisotopic (exact) mass is 350 g/mol. The van der Waals surface area contributed by atoms with Crippen LogP contribution in [0.25, 0.3) is 0 Å². The molecule has 0 saturated heterocycles. The van der Waals surface area contributed by atoms with Crippen molar-refractivity contribution in [3.05, 3.63) is 62.3 Å².